The number of carbonyl (C=O) groups is 1. The highest BCUT2D eigenvalue weighted by molar-refractivity contribution is 6.30. The Morgan fingerprint density at radius 1 is 1.10 bits per heavy atom. The summed E-state index contributed by atoms with van der Waals surface area (Å²) in [4.78, 5) is 17.1. The van der Waals surface area contributed by atoms with Crippen LogP contribution in [0.5, 0.6) is 5.75 Å². The first-order valence-corrected chi connectivity index (χ1v) is 11.2. The second-order valence-corrected chi connectivity index (χ2v) is 8.46. The van der Waals surface area contributed by atoms with E-state index in [4.69, 9.17) is 21.6 Å². The van der Waals surface area contributed by atoms with Crippen LogP contribution in [0.2, 0.25) is 5.02 Å². The Hall–Kier alpha value is -2.55. The lowest BCUT2D eigenvalue weighted by Gasteiger charge is -2.39. The maximum absolute atomic E-state index is 12.8. The van der Waals surface area contributed by atoms with Gasteiger partial charge in [0.15, 0.2) is 0 Å². The minimum atomic E-state index is 0.0638. The highest BCUT2D eigenvalue weighted by Gasteiger charge is 2.26. The second kappa shape index (κ2) is 10.7. The lowest BCUT2D eigenvalue weighted by atomic mass is 9.96. The van der Waals surface area contributed by atoms with Crippen LogP contribution in [0.3, 0.4) is 0 Å². The molecule has 1 fully saturated rings. The Morgan fingerprint density at radius 2 is 1.77 bits per heavy atom. The third kappa shape index (κ3) is 5.58. The molecule has 2 aromatic rings. The van der Waals surface area contributed by atoms with Crippen molar-refractivity contribution in [3.8, 4) is 11.8 Å². The third-order valence-corrected chi connectivity index (χ3v) is 6.41. The molecule has 31 heavy (non-hydrogen) atoms. The number of unbranched alkanes of at least 4 members (excludes halogenated alkanes) is 1. The molecule has 0 spiro atoms. The largest absolute Gasteiger partial charge is 0.493 e. The number of carbonyl (C=O) groups excluding carboxylic acids is 1. The van der Waals surface area contributed by atoms with Crippen LogP contribution >= 0.6 is 11.6 Å². The Morgan fingerprint density at radius 3 is 2.42 bits per heavy atom. The Balaban J connectivity index is 1.60. The van der Waals surface area contributed by atoms with E-state index < -0.39 is 0 Å². The van der Waals surface area contributed by atoms with Crippen LogP contribution in [-0.4, -0.2) is 48.5 Å². The molecule has 3 rings (SSSR count). The number of hydrogen-bond donors (Lipinski definition) is 0. The van der Waals surface area contributed by atoms with E-state index in [1.54, 1.807) is 24.3 Å². The van der Waals surface area contributed by atoms with Crippen molar-refractivity contribution in [2.45, 2.75) is 39.7 Å². The topological polar surface area (TPSA) is 56.6 Å². The van der Waals surface area contributed by atoms with Crippen LogP contribution in [0.15, 0.2) is 36.4 Å². The van der Waals surface area contributed by atoms with Crippen LogP contribution < -0.4 is 4.74 Å². The molecule has 5 nitrogen and oxygen atoms in total. The number of nitrogens with zero attached hydrogens (tertiary/aromatic N) is 3. The van der Waals surface area contributed by atoms with Crippen LogP contribution in [0.4, 0.5) is 0 Å². The summed E-state index contributed by atoms with van der Waals surface area (Å²) in [6, 6.07) is 13.7. The molecule has 1 aliphatic heterocycles. The molecule has 1 aliphatic rings. The fraction of sp³-hybridized carbons (Fsp3) is 0.440. The van der Waals surface area contributed by atoms with Crippen LogP contribution in [0, 0.1) is 25.2 Å². The first kappa shape index (κ1) is 23.1. The molecule has 0 unspecified atom stereocenters. The van der Waals surface area contributed by atoms with Gasteiger partial charge in [-0.3, -0.25) is 9.69 Å². The van der Waals surface area contributed by atoms with Gasteiger partial charge in [0.1, 0.15) is 5.75 Å². The number of piperazine rings is 1. The van der Waals surface area contributed by atoms with Crippen molar-refractivity contribution in [3.63, 3.8) is 0 Å². The summed E-state index contributed by atoms with van der Waals surface area (Å²) >= 11 is 5.93. The van der Waals surface area contributed by atoms with E-state index in [1.165, 1.54) is 11.1 Å². The zero-order valence-corrected chi connectivity index (χ0v) is 19.3. The number of ether oxygens (including phenoxy) is 1. The molecular formula is C25H30ClN3O2. The molecule has 1 atom stereocenters. The van der Waals surface area contributed by atoms with Gasteiger partial charge in [0.2, 0.25) is 0 Å². The molecule has 2 aromatic carbocycles. The summed E-state index contributed by atoms with van der Waals surface area (Å²) in [5, 5.41) is 9.30. The molecule has 0 aromatic heterocycles. The quantitative estimate of drug-likeness (QED) is 0.559. The van der Waals surface area contributed by atoms with E-state index in [0.29, 0.717) is 36.7 Å². The number of halogens is 1. The summed E-state index contributed by atoms with van der Waals surface area (Å²) in [5.41, 5.74) is 4.37. The maximum atomic E-state index is 12.8. The first-order valence-electron chi connectivity index (χ1n) is 10.8. The molecule has 1 amide bonds. The molecule has 1 heterocycles. The van der Waals surface area contributed by atoms with Gasteiger partial charge in [-0.2, -0.15) is 5.26 Å². The van der Waals surface area contributed by atoms with Crippen LogP contribution in [0.1, 0.15) is 52.9 Å². The molecule has 0 aliphatic carbocycles. The second-order valence-electron chi connectivity index (χ2n) is 8.02. The summed E-state index contributed by atoms with van der Waals surface area (Å²) in [6.45, 7) is 10.1. The van der Waals surface area contributed by atoms with Gasteiger partial charge in [0.25, 0.3) is 5.91 Å². The van der Waals surface area contributed by atoms with Crippen LogP contribution in [0.25, 0.3) is 0 Å². The van der Waals surface area contributed by atoms with E-state index in [-0.39, 0.29) is 11.9 Å². The Labute approximate surface area is 190 Å². The predicted molar refractivity (Wildman–Crippen MR) is 124 cm³/mol. The average molecular weight is 440 g/mol. The summed E-state index contributed by atoms with van der Waals surface area (Å²) in [7, 11) is 0. The van der Waals surface area contributed by atoms with Gasteiger partial charge in [-0.1, -0.05) is 17.7 Å². The van der Waals surface area contributed by atoms with Gasteiger partial charge in [-0.05, 0) is 74.2 Å². The van der Waals surface area contributed by atoms with Gasteiger partial charge >= 0.3 is 0 Å². The van der Waals surface area contributed by atoms with Gasteiger partial charge in [-0.25, -0.2) is 0 Å². The zero-order chi connectivity index (χ0) is 22.4. The van der Waals surface area contributed by atoms with E-state index >= 15 is 0 Å². The smallest absolute Gasteiger partial charge is 0.253 e. The lowest BCUT2D eigenvalue weighted by Crippen LogP contribution is -2.49. The fourth-order valence-corrected chi connectivity index (χ4v) is 4.17. The number of amides is 1. The Kier molecular flexibility index (Phi) is 7.95. The standard InChI is InChI=1S/C25H30ClN3O2/c1-18-19(2)24(31-17-5-4-12-27)11-10-23(18)20(3)28-13-15-29(16-14-28)25(30)21-6-8-22(26)9-7-21/h6-11,20H,4-5,13-17H2,1-3H3/t20-/m1/s1. The van der Waals surface area contributed by atoms with Crippen molar-refractivity contribution >= 4 is 17.5 Å². The number of rotatable bonds is 7. The third-order valence-electron chi connectivity index (χ3n) is 6.16. The van der Waals surface area contributed by atoms with Crippen molar-refractivity contribution < 1.29 is 9.53 Å². The van der Waals surface area contributed by atoms with Crippen molar-refractivity contribution in [1.29, 1.82) is 5.26 Å². The zero-order valence-electron chi connectivity index (χ0n) is 18.5. The van der Waals surface area contributed by atoms with Gasteiger partial charge < -0.3 is 9.64 Å². The van der Waals surface area contributed by atoms with Crippen LogP contribution in [-0.2, 0) is 0 Å². The molecule has 0 radical (unpaired) electrons. The molecule has 0 bridgehead atoms. The molecule has 0 N–H and O–H groups in total. The van der Waals surface area contributed by atoms with Gasteiger partial charge in [0, 0.05) is 49.2 Å². The van der Waals surface area contributed by atoms with Crippen molar-refractivity contribution in [2.24, 2.45) is 0 Å². The summed E-state index contributed by atoms with van der Waals surface area (Å²) < 4.78 is 5.87. The molecule has 164 valence electrons. The number of hydrogen-bond acceptors (Lipinski definition) is 4. The summed E-state index contributed by atoms with van der Waals surface area (Å²) in [5.74, 6) is 0.957. The average Bonchev–Trinajstić information content (AvgIpc) is 2.79. The van der Waals surface area contributed by atoms with Gasteiger partial charge in [-0.15, -0.1) is 0 Å². The minimum Gasteiger partial charge on any atom is -0.493 e. The van der Waals surface area contributed by atoms with Crippen molar-refractivity contribution in [3.05, 3.63) is 63.7 Å². The predicted octanol–water partition coefficient (Wildman–Crippen LogP) is 5.16. The number of benzene rings is 2. The van der Waals surface area contributed by atoms with E-state index in [2.05, 4.69) is 37.8 Å². The van der Waals surface area contributed by atoms with E-state index in [1.807, 2.05) is 11.0 Å². The number of nitriles is 1. The minimum absolute atomic E-state index is 0.0638. The highest BCUT2D eigenvalue weighted by Crippen LogP contribution is 2.31. The summed E-state index contributed by atoms with van der Waals surface area (Å²) in [6.07, 6.45) is 1.26. The highest BCUT2D eigenvalue weighted by atomic mass is 35.5. The Bertz CT molecular complexity index is 944. The van der Waals surface area contributed by atoms with Crippen molar-refractivity contribution in [1.82, 2.24) is 9.80 Å². The lowest BCUT2D eigenvalue weighted by molar-refractivity contribution is 0.0581. The van der Waals surface area contributed by atoms with E-state index in [9.17, 15) is 4.79 Å². The molecular weight excluding hydrogens is 410 g/mol. The molecule has 0 saturated carbocycles. The van der Waals surface area contributed by atoms with Gasteiger partial charge in [0.05, 0.1) is 12.7 Å². The monoisotopic (exact) mass is 439 g/mol. The van der Waals surface area contributed by atoms with Crippen molar-refractivity contribution in [2.75, 3.05) is 32.8 Å². The maximum Gasteiger partial charge on any atom is 0.253 e. The first-order chi connectivity index (χ1) is 14.9. The molecule has 1 saturated heterocycles. The fourth-order valence-electron chi connectivity index (χ4n) is 4.04. The molecule has 6 heteroatoms. The van der Waals surface area contributed by atoms with E-state index in [0.717, 1.165) is 30.8 Å². The SMILES string of the molecule is Cc1c(OCCCC#N)ccc([C@@H](C)N2CCN(C(=O)c3ccc(Cl)cc3)CC2)c1C. The normalized spacial score (nSPS) is 15.4.